The van der Waals surface area contributed by atoms with Gasteiger partial charge in [0, 0.05) is 17.0 Å². The van der Waals surface area contributed by atoms with Crippen molar-refractivity contribution in [1.82, 2.24) is 0 Å². The molecule has 3 rings (SSSR count). The maximum Gasteiger partial charge on any atom is 0.416 e. The van der Waals surface area contributed by atoms with Gasteiger partial charge >= 0.3 is 6.18 Å². The van der Waals surface area contributed by atoms with Gasteiger partial charge in [-0.05, 0) is 35.7 Å². The van der Waals surface area contributed by atoms with E-state index < -0.39 is 11.7 Å². The molecule has 0 amide bonds. The van der Waals surface area contributed by atoms with E-state index in [9.17, 15) is 18.4 Å². The molecule has 3 aromatic rings. The van der Waals surface area contributed by atoms with Gasteiger partial charge in [0.1, 0.15) is 0 Å². The molecule has 2 aromatic carbocycles. The van der Waals surface area contributed by atoms with Crippen LogP contribution >= 0.6 is 0 Å². The van der Waals surface area contributed by atoms with Gasteiger partial charge in [0.05, 0.1) is 5.56 Å². The van der Waals surface area contributed by atoms with Crippen LogP contribution in [0.15, 0.2) is 60.8 Å². The number of aromatic nitrogens is 1. The SMILES string of the molecule is [O-][n+]1cc2ccccc2cc1-c1ccc(C(F)(F)F)cc1. The van der Waals surface area contributed by atoms with E-state index in [0.717, 1.165) is 22.9 Å². The molecule has 5 heteroatoms. The number of halogens is 3. The zero-order valence-corrected chi connectivity index (χ0v) is 10.8. The first-order valence-electron chi connectivity index (χ1n) is 6.25. The first-order chi connectivity index (χ1) is 9.95. The minimum Gasteiger partial charge on any atom is -0.618 e. The van der Waals surface area contributed by atoms with Crippen molar-refractivity contribution in [2.24, 2.45) is 0 Å². The van der Waals surface area contributed by atoms with Crippen LogP contribution in [0.25, 0.3) is 22.0 Å². The summed E-state index contributed by atoms with van der Waals surface area (Å²) in [6, 6.07) is 13.6. The first kappa shape index (κ1) is 13.4. The van der Waals surface area contributed by atoms with E-state index in [2.05, 4.69) is 0 Å². The fraction of sp³-hybridized carbons (Fsp3) is 0.0625. The summed E-state index contributed by atoms with van der Waals surface area (Å²) >= 11 is 0. The van der Waals surface area contributed by atoms with Crippen LogP contribution in [0.2, 0.25) is 0 Å². The van der Waals surface area contributed by atoms with Gasteiger partial charge in [-0.25, -0.2) is 0 Å². The predicted molar refractivity (Wildman–Crippen MR) is 73.3 cm³/mol. The molecule has 0 saturated carbocycles. The van der Waals surface area contributed by atoms with Crippen molar-refractivity contribution in [3.63, 3.8) is 0 Å². The first-order valence-corrected chi connectivity index (χ1v) is 6.25. The van der Waals surface area contributed by atoms with Crippen LogP contribution < -0.4 is 4.73 Å². The van der Waals surface area contributed by atoms with E-state index in [4.69, 9.17) is 0 Å². The Bertz CT molecular complexity index is 795. The second kappa shape index (κ2) is 4.77. The highest BCUT2D eigenvalue weighted by Gasteiger charge is 2.30. The lowest BCUT2D eigenvalue weighted by Gasteiger charge is -2.09. The third kappa shape index (κ3) is 2.54. The molecule has 0 unspecified atom stereocenters. The zero-order valence-electron chi connectivity index (χ0n) is 10.8. The quantitative estimate of drug-likeness (QED) is 0.488. The van der Waals surface area contributed by atoms with Gasteiger partial charge in [0.2, 0.25) is 5.69 Å². The normalized spacial score (nSPS) is 11.8. The Labute approximate surface area is 118 Å². The minimum atomic E-state index is -4.38. The summed E-state index contributed by atoms with van der Waals surface area (Å²) in [5.74, 6) is 0. The number of fused-ring (bicyclic) bond motifs is 1. The Hall–Kier alpha value is -2.56. The molecule has 0 atom stereocenters. The van der Waals surface area contributed by atoms with Crippen LogP contribution in [0.1, 0.15) is 5.56 Å². The van der Waals surface area contributed by atoms with Crippen molar-refractivity contribution in [3.05, 3.63) is 71.6 Å². The summed E-state index contributed by atoms with van der Waals surface area (Å²) in [6.45, 7) is 0. The van der Waals surface area contributed by atoms with E-state index in [-0.39, 0.29) is 0 Å². The van der Waals surface area contributed by atoms with E-state index in [0.29, 0.717) is 16.0 Å². The monoisotopic (exact) mass is 289 g/mol. The number of hydrogen-bond acceptors (Lipinski definition) is 1. The summed E-state index contributed by atoms with van der Waals surface area (Å²) in [4.78, 5) is 0. The van der Waals surface area contributed by atoms with Crippen molar-refractivity contribution < 1.29 is 17.9 Å². The van der Waals surface area contributed by atoms with E-state index >= 15 is 0 Å². The Morgan fingerprint density at radius 2 is 1.48 bits per heavy atom. The molecule has 0 spiro atoms. The van der Waals surface area contributed by atoms with Gasteiger partial charge in [0.15, 0.2) is 6.20 Å². The Balaban J connectivity index is 2.09. The number of rotatable bonds is 1. The Morgan fingerprint density at radius 3 is 2.10 bits per heavy atom. The van der Waals surface area contributed by atoms with Crippen molar-refractivity contribution >= 4 is 10.8 Å². The second-order valence-electron chi connectivity index (χ2n) is 4.69. The lowest BCUT2D eigenvalue weighted by atomic mass is 10.1. The van der Waals surface area contributed by atoms with Crippen molar-refractivity contribution in [2.75, 3.05) is 0 Å². The Morgan fingerprint density at radius 1 is 0.857 bits per heavy atom. The molecule has 2 nitrogen and oxygen atoms in total. The number of hydrogen-bond donors (Lipinski definition) is 0. The van der Waals surface area contributed by atoms with Crippen LogP contribution in [0, 0.1) is 5.21 Å². The standard InChI is InChI=1S/C16H10F3NO/c17-16(18,19)14-7-5-11(6-8-14)15-9-12-3-1-2-4-13(12)10-20(15)21/h1-10H. The summed E-state index contributed by atoms with van der Waals surface area (Å²) < 4.78 is 38.3. The number of nitrogens with zero attached hydrogens (tertiary/aromatic N) is 1. The summed E-state index contributed by atoms with van der Waals surface area (Å²) in [5.41, 5.74) is 0.0377. The average molecular weight is 289 g/mol. The number of pyridine rings is 1. The fourth-order valence-corrected chi connectivity index (χ4v) is 2.21. The lowest BCUT2D eigenvalue weighted by molar-refractivity contribution is -0.592. The molecule has 0 radical (unpaired) electrons. The highest BCUT2D eigenvalue weighted by atomic mass is 19.4. The van der Waals surface area contributed by atoms with Crippen molar-refractivity contribution in [3.8, 4) is 11.3 Å². The fourth-order valence-electron chi connectivity index (χ4n) is 2.21. The topological polar surface area (TPSA) is 26.9 Å². The smallest absolute Gasteiger partial charge is 0.416 e. The molecule has 0 aliphatic heterocycles. The maximum atomic E-state index is 12.5. The number of benzene rings is 2. The minimum absolute atomic E-state index is 0.322. The Kier molecular flexibility index (Phi) is 3.05. The molecule has 106 valence electrons. The van der Waals surface area contributed by atoms with Gasteiger partial charge < -0.3 is 5.21 Å². The molecular weight excluding hydrogens is 279 g/mol. The highest BCUT2D eigenvalue weighted by molar-refractivity contribution is 5.83. The summed E-state index contributed by atoms with van der Waals surface area (Å²) in [5, 5.41) is 13.7. The molecule has 0 aliphatic carbocycles. The second-order valence-corrected chi connectivity index (χ2v) is 4.69. The van der Waals surface area contributed by atoms with E-state index in [1.165, 1.54) is 18.3 Å². The van der Waals surface area contributed by atoms with Gasteiger partial charge in [-0.1, -0.05) is 18.2 Å². The largest absolute Gasteiger partial charge is 0.618 e. The lowest BCUT2D eigenvalue weighted by Crippen LogP contribution is -2.28. The molecule has 0 bridgehead atoms. The third-order valence-corrected chi connectivity index (χ3v) is 3.29. The zero-order chi connectivity index (χ0) is 15.0. The third-order valence-electron chi connectivity index (χ3n) is 3.29. The van der Waals surface area contributed by atoms with Crippen LogP contribution in [-0.2, 0) is 6.18 Å². The molecule has 0 N–H and O–H groups in total. The summed E-state index contributed by atoms with van der Waals surface area (Å²) in [7, 11) is 0. The van der Waals surface area contributed by atoms with Crippen LogP contribution in [0.3, 0.4) is 0 Å². The van der Waals surface area contributed by atoms with Crippen LogP contribution in [0.5, 0.6) is 0 Å². The van der Waals surface area contributed by atoms with Crippen LogP contribution in [-0.4, -0.2) is 0 Å². The van der Waals surface area contributed by atoms with Crippen molar-refractivity contribution in [2.45, 2.75) is 6.18 Å². The van der Waals surface area contributed by atoms with Gasteiger partial charge in [-0.2, -0.15) is 17.9 Å². The molecule has 1 aromatic heterocycles. The number of alkyl halides is 3. The van der Waals surface area contributed by atoms with Crippen molar-refractivity contribution in [1.29, 1.82) is 0 Å². The van der Waals surface area contributed by atoms with Gasteiger partial charge in [0.25, 0.3) is 0 Å². The highest BCUT2D eigenvalue weighted by Crippen LogP contribution is 2.30. The van der Waals surface area contributed by atoms with Crippen LogP contribution in [0.4, 0.5) is 13.2 Å². The average Bonchev–Trinajstić information content (AvgIpc) is 2.46. The van der Waals surface area contributed by atoms with Gasteiger partial charge in [-0.3, -0.25) is 0 Å². The van der Waals surface area contributed by atoms with E-state index in [1.807, 2.05) is 18.2 Å². The molecule has 1 heterocycles. The molecule has 0 fully saturated rings. The van der Waals surface area contributed by atoms with E-state index in [1.54, 1.807) is 12.1 Å². The molecule has 0 saturated heterocycles. The predicted octanol–water partition coefficient (Wildman–Crippen LogP) is 4.16. The van der Waals surface area contributed by atoms with Gasteiger partial charge in [-0.15, -0.1) is 0 Å². The molecular formula is C16H10F3NO. The molecule has 0 aliphatic rings. The molecule has 21 heavy (non-hydrogen) atoms. The summed E-state index contributed by atoms with van der Waals surface area (Å²) in [6.07, 6.45) is -2.96. The maximum absolute atomic E-state index is 12.5.